The number of hydrogen-bond donors (Lipinski definition) is 0. The molecule has 1 radical (unpaired) electrons. The molecular formula is C15H21S. The molecule has 0 atom stereocenters. The van der Waals surface area contributed by atoms with Crippen molar-refractivity contribution < 1.29 is 0 Å². The third-order valence-corrected chi connectivity index (χ3v) is 3.79. The first-order valence-corrected chi connectivity index (χ1v) is 6.78. The van der Waals surface area contributed by atoms with Gasteiger partial charge >= 0.3 is 0 Å². The Morgan fingerprint density at radius 3 is 2.50 bits per heavy atom. The Kier molecular flexibility index (Phi) is 6.17. The van der Waals surface area contributed by atoms with Gasteiger partial charge in [0.1, 0.15) is 0 Å². The van der Waals surface area contributed by atoms with Crippen molar-refractivity contribution in [2.75, 3.05) is 0 Å². The molecule has 0 N–H and O–H groups in total. The zero-order valence-electron chi connectivity index (χ0n) is 10.1. The van der Waals surface area contributed by atoms with Gasteiger partial charge in [-0.2, -0.15) is 0 Å². The van der Waals surface area contributed by atoms with Crippen LogP contribution in [0.3, 0.4) is 0 Å². The molecule has 1 rings (SSSR count). The lowest BCUT2D eigenvalue weighted by Gasteiger charge is -2.23. The van der Waals surface area contributed by atoms with E-state index in [0.717, 1.165) is 25.7 Å². The highest BCUT2D eigenvalue weighted by molar-refractivity contribution is 7.09. The fourth-order valence-electron chi connectivity index (χ4n) is 2.03. The third kappa shape index (κ3) is 3.97. The number of thiophene rings is 1. The lowest BCUT2D eigenvalue weighted by Crippen LogP contribution is -2.13. The largest absolute Gasteiger partial charge is 0.149 e. The van der Waals surface area contributed by atoms with Gasteiger partial charge in [-0.3, -0.25) is 0 Å². The molecule has 0 spiro atoms. The van der Waals surface area contributed by atoms with Gasteiger partial charge in [0.05, 0.1) is 0 Å². The summed E-state index contributed by atoms with van der Waals surface area (Å²) in [7, 11) is 0. The average Bonchev–Trinajstić information content (AvgIpc) is 2.78. The highest BCUT2D eigenvalue weighted by Crippen LogP contribution is 2.30. The number of rotatable bonds is 8. The molecule has 1 heteroatoms. The van der Waals surface area contributed by atoms with Crippen LogP contribution in [0.25, 0.3) is 0 Å². The Labute approximate surface area is 104 Å². The zero-order chi connectivity index (χ0) is 11.8. The molecule has 0 nitrogen and oxygen atoms in total. The topological polar surface area (TPSA) is 0 Å². The molecule has 87 valence electrons. The Bertz CT molecular complexity index is 287. The van der Waals surface area contributed by atoms with Crippen molar-refractivity contribution >= 4 is 11.3 Å². The standard InChI is InChI=1S/C15H21S/c1-4-8-14(9-5-2)13(6-3)12-15-10-7-11-16-15/h4-5,7,10-11,14H,1-2,6,8-9,12H2,3H3. The minimum absolute atomic E-state index is 0.627. The average molecular weight is 233 g/mol. The molecule has 0 aliphatic rings. The van der Waals surface area contributed by atoms with Gasteiger partial charge in [-0.1, -0.05) is 25.1 Å². The van der Waals surface area contributed by atoms with Crippen molar-refractivity contribution in [2.45, 2.75) is 32.6 Å². The zero-order valence-corrected chi connectivity index (χ0v) is 10.9. The van der Waals surface area contributed by atoms with E-state index in [1.54, 1.807) is 5.92 Å². The van der Waals surface area contributed by atoms with Gasteiger partial charge < -0.3 is 0 Å². The normalized spacial score (nSPS) is 10.9. The Balaban J connectivity index is 2.61. The van der Waals surface area contributed by atoms with Gasteiger partial charge in [0.15, 0.2) is 0 Å². The van der Waals surface area contributed by atoms with E-state index in [9.17, 15) is 0 Å². The lowest BCUT2D eigenvalue weighted by molar-refractivity contribution is 0.514. The van der Waals surface area contributed by atoms with Gasteiger partial charge in [0, 0.05) is 4.88 Å². The van der Waals surface area contributed by atoms with Crippen LogP contribution < -0.4 is 0 Å². The van der Waals surface area contributed by atoms with Crippen molar-refractivity contribution in [1.82, 2.24) is 0 Å². The first-order chi connectivity index (χ1) is 7.81. The van der Waals surface area contributed by atoms with E-state index in [1.807, 2.05) is 23.5 Å². The fourth-order valence-corrected chi connectivity index (χ4v) is 2.78. The van der Waals surface area contributed by atoms with Crippen LogP contribution in [0.4, 0.5) is 0 Å². The minimum atomic E-state index is 0.627. The fraction of sp³-hybridized carbons (Fsp3) is 0.400. The molecule has 0 unspecified atom stereocenters. The summed E-state index contributed by atoms with van der Waals surface area (Å²) < 4.78 is 0. The lowest BCUT2D eigenvalue weighted by atomic mass is 9.82. The second kappa shape index (κ2) is 7.45. The predicted molar refractivity (Wildman–Crippen MR) is 74.7 cm³/mol. The van der Waals surface area contributed by atoms with Crippen LogP contribution in [0.5, 0.6) is 0 Å². The van der Waals surface area contributed by atoms with Crippen molar-refractivity contribution in [2.24, 2.45) is 5.92 Å². The smallest absolute Gasteiger partial charge is 0.00510 e. The maximum absolute atomic E-state index is 3.85. The first kappa shape index (κ1) is 13.2. The SMILES string of the molecule is C=CCC(CC=C)[C](CC)Cc1cccs1. The van der Waals surface area contributed by atoms with Gasteiger partial charge in [-0.05, 0) is 49.0 Å². The quantitative estimate of drug-likeness (QED) is 0.552. The molecule has 1 aromatic rings. The van der Waals surface area contributed by atoms with E-state index in [1.165, 1.54) is 4.88 Å². The van der Waals surface area contributed by atoms with E-state index < -0.39 is 0 Å². The van der Waals surface area contributed by atoms with Gasteiger partial charge in [-0.25, -0.2) is 0 Å². The first-order valence-electron chi connectivity index (χ1n) is 5.90. The van der Waals surface area contributed by atoms with Crippen molar-refractivity contribution in [3.63, 3.8) is 0 Å². The van der Waals surface area contributed by atoms with Crippen LogP contribution in [-0.4, -0.2) is 0 Å². The summed E-state index contributed by atoms with van der Waals surface area (Å²) in [5.41, 5.74) is 0. The summed E-state index contributed by atoms with van der Waals surface area (Å²) in [5, 5.41) is 2.15. The molecule has 0 amide bonds. The van der Waals surface area contributed by atoms with E-state index in [0.29, 0.717) is 5.92 Å². The van der Waals surface area contributed by atoms with E-state index >= 15 is 0 Å². The summed E-state index contributed by atoms with van der Waals surface area (Å²) >= 11 is 1.85. The Hall–Kier alpha value is -0.820. The Morgan fingerprint density at radius 1 is 1.38 bits per heavy atom. The van der Waals surface area contributed by atoms with Crippen molar-refractivity contribution in [3.05, 3.63) is 53.6 Å². The molecule has 0 saturated carbocycles. The Morgan fingerprint density at radius 2 is 2.06 bits per heavy atom. The van der Waals surface area contributed by atoms with Crippen LogP contribution >= 0.6 is 11.3 Å². The van der Waals surface area contributed by atoms with Gasteiger partial charge in [-0.15, -0.1) is 24.5 Å². The van der Waals surface area contributed by atoms with Crippen molar-refractivity contribution in [1.29, 1.82) is 0 Å². The highest BCUT2D eigenvalue weighted by Gasteiger charge is 2.18. The third-order valence-electron chi connectivity index (χ3n) is 2.92. The molecule has 0 aliphatic heterocycles. The monoisotopic (exact) mass is 233 g/mol. The molecule has 0 aromatic carbocycles. The number of hydrogen-bond acceptors (Lipinski definition) is 1. The highest BCUT2D eigenvalue weighted by atomic mass is 32.1. The summed E-state index contributed by atoms with van der Waals surface area (Å²) in [6, 6.07) is 4.35. The van der Waals surface area contributed by atoms with Crippen molar-refractivity contribution in [3.8, 4) is 0 Å². The van der Waals surface area contributed by atoms with Gasteiger partial charge in [0.25, 0.3) is 0 Å². The number of allylic oxidation sites excluding steroid dienone is 2. The molecule has 0 saturated heterocycles. The molecule has 1 aromatic heterocycles. The van der Waals surface area contributed by atoms with E-state index in [2.05, 4.69) is 37.6 Å². The maximum Gasteiger partial charge on any atom is 0.00510 e. The molecule has 0 bridgehead atoms. The van der Waals surface area contributed by atoms with Gasteiger partial charge in [0.2, 0.25) is 0 Å². The van der Waals surface area contributed by atoms with Crippen LogP contribution in [0, 0.1) is 11.8 Å². The van der Waals surface area contributed by atoms with Crippen LogP contribution in [0.2, 0.25) is 0 Å². The maximum atomic E-state index is 3.85. The molecule has 16 heavy (non-hydrogen) atoms. The second-order valence-corrected chi connectivity index (χ2v) is 5.05. The predicted octanol–water partition coefficient (Wildman–Crippen LogP) is 5.04. The molecule has 0 aliphatic carbocycles. The second-order valence-electron chi connectivity index (χ2n) is 4.01. The van der Waals surface area contributed by atoms with Crippen LogP contribution in [0.15, 0.2) is 42.8 Å². The summed E-state index contributed by atoms with van der Waals surface area (Å²) in [6.07, 6.45) is 8.47. The molecular weight excluding hydrogens is 212 g/mol. The van der Waals surface area contributed by atoms with E-state index in [-0.39, 0.29) is 0 Å². The minimum Gasteiger partial charge on any atom is -0.149 e. The van der Waals surface area contributed by atoms with Crippen LogP contribution in [0.1, 0.15) is 31.1 Å². The van der Waals surface area contributed by atoms with Crippen LogP contribution in [-0.2, 0) is 6.42 Å². The summed E-state index contributed by atoms with van der Waals surface area (Å²) in [6.45, 7) is 9.95. The summed E-state index contributed by atoms with van der Waals surface area (Å²) in [5.74, 6) is 2.25. The molecule has 1 heterocycles. The summed E-state index contributed by atoms with van der Waals surface area (Å²) in [4.78, 5) is 1.47. The molecule has 0 fully saturated rings. The van der Waals surface area contributed by atoms with E-state index in [4.69, 9.17) is 0 Å².